The minimum absolute atomic E-state index is 0.0173. The monoisotopic (exact) mass is 229 g/mol. The Labute approximate surface area is 87.6 Å². The van der Waals surface area contributed by atoms with Gasteiger partial charge in [0.2, 0.25) is 5.13 Å². The van der Waals surface area contributed by atoms with Crippen molar-refractivity contribution in [1.82, 2.24) is 14.8 Å². The average Bonchev–Trinajstić information content (AvgIpc) is 2.70. The largest absolute Gasteiger partial charge is 0.476 e. The number of thiazole rings is 1. The molecular weight excluding hydrogens is 226 g/mol. The second-order valence-corrected chi connectivity index (χ2v) is 3.63. The van der Waals surface area contributed by atoms with Gasteiger partial charge in [0, 0.05) is 11.6 Å². The topological polar surface area (TPSA) is 68.0 Å². The number of nitrogens with zero attached hydrogens (tertiary/aromatic N) is 3. The van der Waals surface area contributed by atoms with Gasteiger partial charge in [-0.25, -0.2) is 14.5 Å². The molecule has 0 aromatic carbocycles. The van der Waals surface area contributed by atoms with E-state index in [-0.39, 0.29) is 5.69 Å². The minimum Gasteiger partial charge on any atom is -0.476 e. The van der Waals surface area contributed by atoms with Gasteiger partial charge >= 0.3 is 5.97 Å². The van der Waals surface area contributed by atoms with Crippen LogP contribution in [0.15, 0.2) is 17.6 Å². The number of carboxylic acids is 1. The lowest BCUT2D eigenvalue weighted by Crippen LogP contribution is -2.00. The van der Waals surface area contributed by atoms with E-state index in [0.717, 1.165) is 0 Å². The Morgan fingerprint density at radius 2 is 2.43 bits per heavy atom. The number of halogens is 1. The van der Waals surface area contributed by atoms with E-state index < -0.39 is 5.97 Å². The molecule has 2 rings (SSSR count). The molecule has 0 radical (unpaired) electrons. The Hall–Kier alpha value is -1.40. The molecule has 14 heavy (non-hydrogen) atoms. The molecule has 7 heteroatoms. The van der Waals surface area contributed by atoms with E-state index in [4.69, 9.17) is 16.7 Å². The van der Waals surface area contributed by atoms with E-state index in [1.165, 1.54) is 28.3 Å². The standard InChI is InChI=1S/C7H4ClN3O2S/c8-5-3-14-7(9-5)11-2-1-4(10-11)6(12)13/h1-3H,(H,12,13). The Bertz CT molecular complexity index is 479. The number of hydrogen-bond donors (Lipinski definition) is 1. The Morgan fingerprint density at radius 1 is 1.64 bits per heavy atom. The zero-order valence-corrected chi connectivity index (χ0v) is 8.29. The first-order valence-corrected chi connectivity index (χ1v) is 4.83. The highest BCUT2D eigenvalue weighted by Gasteiger charge is 2.09. The molecule has 0 atom stereocenters. The lowest BCUT2D eigenvalue weighted by Gasteiger charge is -1.91. The summed E-state index contributed by atoms with van der Waals surface area (Å²) in [5.41, 5.74) is -0.0173. The third-order valence-electron chi connectivity index (χ3n) is 1.47. The van der Waals surface area contributed by atoms with Crippen LogP contribution in [-0.2, 0) is 0 Å². The predicted octanol–water partition coefficient (Wildman–Crippen LogP) is 1.68. The van der Waals surface area contributed by atoms with E-state index in [1.54, 1.807) is 5.38 Å². The molecule has 0 saturated heterocycles. The summed E-state index contributed by atoms with van der Waals surface area (Å²) in [5, 5.41) is 15.0. The first-order chi connectivity index (χ1) is 6.66. The van der Waals surface area contributed by atoms with Crippen LogP contribution in [0.5, 0.6) is 0 Å². The van der Waals surface area contributed by atoms with Gasteiger partial charge in [-0.2, -0.15) is 5.10 Å². The van der Waals surface area contributed by atoms with Crippen LogP contribution in [-0.4, -0.2) is 25.8 Å². The van der Waals surface area contributed by atoms with Crippen molar-refractivity contribution in [1.29, 1.82) is 0 Å². The fourth-order valence-electron chi connectivity index (χ4n) is 0.895. The molecule has 0 fully saturated rings. The molecule has 0 bridgehead atoms. The second-order valence-electron chi connectivity index (χ2n) is 2.40. The number of hydrogen-bond acceptors (Lipinski definition) is 4. The molecule has 0 aliphatic heterocycles. The summed E-state index contributed by atoms with van der Waals surface area (Å²) < 4.78 is 1.38. The maximum atomic E-state index is 10.5. The van der Waals surface area contributed by atoms with Crippen LogP contribution >= 0.6 is 22.9 Å². The fraction of sp³-hybridized carbons (Fsp3) is 0. The second kappa shape index (κ2) is 3.39. The molecule has 1 N–H and O–H groups in total. The molecule has 2 aromatic rings. The summed E-state index contributed by atoms with van der Waals surface area (Å²) in [6, 6.07) is 1.40. The van der Waals surface area contributed by atoms with Gasteiger partial charge < -0.3 is 5.11 Å². The van der Waals surface area contributed by atoms with Crippen molar-refractivity contribution in [3.8, 4) is 5.13 Å². The highest BCUT2D eigenvalue weighted by atomic mass is 35.5. The molecule has 2 heterocycles. The molecule has 72 valence electrons. The van der Waals surface area contributed by atoms with Gasteiger partial charge in [0.15, 0.2) is 5.69 Å². The lowest BCUT2D eigenvalue weighted by molar-refractivity contribution is 0.0690. The van der Waals surface area contributed by atoms with E-state index in [9.17, 15) is 4.79 Å². The van der Waals surface area contributed by atoms with Crippen molar-refractivity contribution < 1.29 is 9.90 Å². The SMILES string of the molecule is O=C(O)c1ccn(-c2nc(Cl)cs2)n1. The molecule has 0 spiro atoms. The molecule has 0 amide bonds. The van der Waals surface area contributed by atoms with Crippen LogP contribution in [0.1, 0.15) is 10.5 Å². The van der Waals surface area contributed by atoms with Gasteiger partial charge in [0.1, 0.15) is 5.15 Å². The van der Waals surface area contributed by atoms with Crippen molar-refractivity contribution in [2.75, 3.05) is 0 Å². The normalized spacial score (nSPS) is 10.4. The van der Waals surface area contributed by atoms with Crippen molar-refractivity contribution in [2.45, 2.75) is 0 Å². The smallest absolute Gasteiger partial charge is 0.356 e. The van der Waals surface area contributed by atoms with Gasteiger partial charge in [0.25, 0.3) is 0 Å². The van der Waals surface area contributed by atoms with E-state index in [2.05, 4.69) is 10.1 Å². The summed E-state index contributed by atoms with van der Waals surface area (Å²) in [5.74, 6) is -1.06. The number of aromatic carboxylic acids is 1. The van der Waals surface area contributed by atoms with Crippen molar-refractivity contribution in [2.24, 2.45) is 0 Å². The van der Waals surface area contributed by atoms with Crippen LogP contribution < -0.4 is 0 Å². The van der Waals surface area contributed by atoms with E-state index >= 15 is 0 Å². The van der Waals surface area contributed by atoms with Crippen molar-refractivity contribution in [3.63, 3.8) is 0 Å². The van der Waals surface area contributed by atoms with E-state index in [1.807, 2.05) is 0 Å². The summed E-state index contributed by atoms with van der Waals surface area (Å²) in [6.45, 7) is 0. The fourth-order valence-corrected chi connectivity index (χ4v) is 1.78. The van der Waals surface area contributed by atoms with Crippen LogP contribution in [0.4, 0.5) is 0 Å². The van der Waals surface area contributed by atoms with Crippen LogP contribution in [0.25, 0.3) is 5.13 Å². The summed E-state index contributed by atoms with van der Waals surface area (Å²) in [6.07, 6.45) is 1.53. The minimum atomic E-state index is -1.06. The lowest BCUT2D eigenvalue weighted by atomic mass is 10.5. The third kappa shape index (κ3) is 1.61. The van der Waals surface area contributed by atoms with Crippen LogP contribution in [0.2, 0.25) is 5.15 Å². The molecule has 5 nitrogen and oxygen atoms in total. The summed E-state index contributed by atoms with van der Waals surface area (Å²) >= 11 is 6.91. The van der Waals surface area contributed by atoms with Gasteiger partial charge in [-0.05, 0) is 6.07 Å². The van der Waals surface area contributed by atoms with Gasteiger partial charge in [0.05, 0.1) is 0 Å². The van der Waals surface area contributed by atoms with Crippen molar-refractivity contribution >= 4 is 28.9 Å². The average molecular weight is 230 g/mol. The Morgan fingerprint density at radius 3 is 2.93 bits per heavy atom. The first-order valence-electron chi connectivity index (χ1n) is 3.57. The van der Waals surface area contributed by atoms with Gasteiger partial charge in [-0.1, -0.05) is 11.6 Å². The highest BCUT2D eigenvalue weighted by molar-refractivity contribution is 7.12. The number of carbonyl (C=O) groups is 1. The molecule has 2 aromatic heterocycles. The van der Waals surface area contributed by atoms with E-state index in [0.29, 0.717) is 10.3 Å². The molecule has 0 aliphatic rings. The quantitative estimate of drug-likeness (QED) is 0.851. The van der Waals surface area contributed by atoms with Crippen LogP contribution in [0, 0.1) is 0 Å². The Kier molecular flexibility index (Phi) is 2.22. The maximum Gasteiger partial charge on any atom is 0.356 e. The number of rotatable bonds is 2. The van der Waals surface area contributed by atoms with Gasteiger partial charge in [-0.3, -0.25) is 0 Å². The Balaban J connectivity index is 2.38. The maximum absolute atomic E-state index is 10.5. The molecule has 0 unspecified atom stereocenters. The molecule has 0 aliphatic carbocycles. The summed E-state index contributed by atoms with van der Waals surface area (Å²) in [7, 11) is 0. The zero-order chi connectivity index (χ0) is 10.1. The van der Waals surface area contributed by atoms with Crippen LogP contribution in [0.3, 0.4) is 0 Å². The zero-order valence-electron chi connectivity index (χ0n) is 6.72. The number of aromatic nitrogens is 3. The third-order valence-corrected chi connectivity index (χ3v) is 2.62. The first kappa shape index (κ1) is 9.17. The van der Waals surface area contributed by atoms with Gasteiger partial charge in [-0.15, -0.1) is 11.3 Å². The highest BCUT2D eigenvalue weighted by Crippen LogP contribution is 2.17. The molecular formula is C7H4ClN3O2S. The molecule has 0 saturated carbocycles. The number of carboxylic acid groups (broad SMARTS) is 1. The summed E-state index contributed by atoms with van der Waals surface area (Å²) in [4.78, 5) is 14.5. The van der Waals surface area contributed by atoms with Crippen molar-refractivity contribution in [3.05, 3.63) is 28.5 Å². The predicted molar refractivity (Wildman–Crippen MR) is 51.2 cm³/mol.